The summed E-state index contributed by atoms with van der Waals surface area (Å²) in [7, 11) is 0. The number of nitrogens with one attached hydrogen (secondary N) is 1. The maximum absolute atomic E-state index is 13.5. The minimum absolute atomic E-state index is 0.0260. The summed E-state index contributed by atoms with van der Waals surface area (Å²) in [6.07, 6.45) is 1.65. The van der Waals surface area contributed by atoms with E-state index in [0.717, 1.165) is 28.8 Å². The molecule has 0 bridgehead atoms. The van der Waals surface area contributed by atoms with Crippen LogP contribution in [-0.2, 0) is 19.1 Å². The van der Waals surface area contributed by atoms with Crippen LogP contribution in [-0.4, -0.2) is 45.7 Å². The normalized spacial score (nSPS) is 15.2. The number of esters is 1. The second-order valence-corrected chi connectivity index (χ2v) is 10.9. The van der Waals surface area contributed by atoms with Gasteiger partial charge in [0.2, 0.25) is 5.91 Å². The van der Waals surface area contributed by atoms with Crippen LogP contribution in [0, 0.1) is 11.6 Å². The van der Waals surface area contributed by atoms with Crippen LogP contribution >= 0.6 is 35.3 Å². The van der Waals surface area contributed by atoms with Gasteiger partial charge in [-0.15, -0.1) is 11.3 Å². The van der Waals surface area contributed by atoms with E-state index in [1.54, 1.807) is 38.3 Å². The van der Waals surface area contributed by atoms with Gasteiger partial charge in [-0.1, -0.05) is 30.0 Å². The molecule has 11 heteroatoms. The Kier molecular flexibility index (Phi) is 8.21. The Morgan fingerprint density at radius 2 is 1.91 bits per heavy atom. The van der Waals surface area contributed by atoms with Crippen molar-refractivity contribution in [3.63, 3.8) is 0 Å². The van der Waals surface area contributed by atoms with Crippen molar-refractivity contribution in [1.29, 1.82) is 0 Å². The van der Waals surface area contributed by atoms with Crippen molar-refractivity contribution in [2.24, 2.45) is 0 Å². The smallest absolute Gasteiger partial charge is 0.325 e. The second kappa shape index (κ2) is 10.7. The summed E-state index contributed by atoms with van der Waals surface area (Å²) in [6, 6.07) is 5.44. The number of hydrogen-bond acceptors (Lipinski definition) is 7. The molecule has 1 fully saturated rings. The van der Waals surface area contributed by atoms with Crippen LogP contribution in [0.4, 0.5) is 8.78 Å². The standard InChI is InChI=1S/C23H22F2N2O4S3/c1-23(2,3)31-20(29)11-26-19(28)6-7-27-21(30)18(34-22(27)32)10-15-8-14(12-33-15)13-4-5-16(24)17(25)9-13/h4-5,8-10,12H,6-7,11H2,1-3H3,(H,26,28). The highest BCUT2D eigenvalue weighted by Gasteiger charge is 2.32. The molecule has 180 valence electrons. The number of ether oxygens (including phenoxy) is 1. The Balaban J connectivity index is 1.57. The molecule has 2 amide bonds. The molecule has 34 heavy (non-hydrogen) atoms. The Hall–Kier alpha value is -2.63. The number of carbonyl (C=O) groups excluding carboxylic acids is 3. The fraction of sp³-hybridized carbons (Fsp3) is 0.304. The van der Waals surface area contributed by atoms with E-state index < -0.39 is 29.1 Å². The molecular weight excluding hydrogens is 502 g/mol. The van der Waals surface area contributed by atoms with Gasteiger partial charge in [-0.3, -0.25) is 19.3 Å². The molecule has 0 radical (unpaired) electrons. The van der Waals surface area contributed by atoms with Gasteiger partial charge >= 0.3 is 5.97 Å². The lowest BCUT2D eigenvalue weighted by molar-refractivity contribution is -0.154. The molecule has 2 aromatic rings. The highest BCUT2D eigenvalue weighted by molar-refractivity contribution is 8.26. The zero-order valence-corrected chi connectivity index (χ0v) is 21.1. The molecule has 1 N–H and O–H groups in total. The quantitative estimate of drug-likeness (QED) is 0.320. The van der Waals surface area contributed by atoms with E-state index in [1.807, 2.05) is 0 Å². The van der Waals surface area contributed by atoms with Crippen LogP contribution in [0.3, 0.4) is 0 Å². The number of benzene rings is 1. The van der Waals surface area contributed by atoms with Crippen LogP contribution in [0.5, 0.6) is 0 Å². The van der Waals surface area contributed by atoms with Crippen molar-refractivity contribution < 1.29 is 27.9 Å². The van der Waals surface area contributed by atoms with Crippen LogP contribution in [0.15, 0.2) is 34.6 Å². The van der Waals surface area contributed by atoms with Crippen LogP contribution in [0.2, 0.25) is 0 Å². The SMILES string of the molecule is CC(C)(C)OC(=O)CNC(=O)CCN1C(=O)C(=Cc2cc(-c3ccc(F)c(F)c3)cs2)SC1=S. The molecule has 2 heterocycles. The molecule has 1 aliphatic rings. The molecular formula is C23H22F2N2O4S3. The van der Waals surface area contributed by atoms with E-state index in [2.05, 4.69) is 5.32 Å². The number of amides is 2. The Labute approximate surface area is 209 Å². The van der Waals surface area contributed by atoms with Gasteiger partial charge in [-0.25, -0.2) is 8.78 Å². The second-order valence-electron chi connectivity index (χ2n) is 8.31. The first-order chi connectivity index (χ1) is 15.9. The molecule has 1 saturated heterocycles. The topological polar surface area (TPSA) is 75.7 Å². The van der Waals surface area contributed by atoms with Gasteiger partial charge in [0.1, 0.15) is 16.5 Å². The molecule has 3 rings (SSSR count). The number of thioether (sulfide) groups is 1. The first-order valence-corrected chi connectivity index (χ1v) is 12.3. The number of rotatable bonds is 7. The van der Waals surface area contributed by atoms with Crippen molar-refractivity contribution in [2.45, 2.75) is 32.8 Å². The summed E-state index contributed by atoms with van der Waals surface area (Å²) in [6.45, 7) is 5.01. The van der Waals surface area contributed by atoms with Gasteiger partial charge < -0.3 is 10.1 Å². The number of hydrogen-bond donors (Lipinski definition) is 1. The van der Waals surface area contributed by atoms with E-state index in [-0.39, 0.29) is 25.4 Å². The average Bonchev–Trinajstić information content (AvgIpc) is 3.30. The summed E-state index contributed by atoms with van der Waals surface area (Å²) in [5.41, 5.74) is 0.584. The highest BCUT2D eigenvalue weighted by atomic mass is 32.2. The number of nitrogens with zero attached hydrogens (tertiary/aromatic N) is 1. The first kappa shape index (κ1) is 26.0. The zero-order chi connectivity index (χ0) is 25.0. The summed E-state index contributed by atoms with van der Waals surface area (Å²) in [5, 5.41) is 4.26. The molecule has 1 aliphatic heterocycles. The van der Waals surface area contributed by atoms with Crippen molar-refractivity contribution in [3.8, 4) is 11.1 Å². The summed E-state index contributed by atoms with van der Waals surface area (Å²) in [4.78, 5) is 39.0. The van der Waals surface area contributed by atoms with Crippen molar-refractivity contribution in [3.05, 3.63) is 51.1 Å². The van der Waals surface area contributed by atoms with E-state index in [9.17, 15) is 23.2 Å². The van der Waals surface area contributed by atoms with E-state index in [4.69, 9.17) is 17.0 Å². The van der Waals surface area contributed by atoms with E-state index in [1.165, 1.54) is 22.3 Å². The third kappa shape index (κ3) is 6.94. The number of thiophene rings is 1. The Morgan fingerprint density at radius 3 is 2.59 bits per heavy atom. The molecule has 0 saturated carbocycles. The molecule has 6 nitrogen and oxygen atoms in total. The monoisotopic (exact) mass is 524 g/mol. The maximum Gasteiger partial charge on any atom is 0.325 e. The van der Waals surface area contributed by atoms with E-state index in [0.29, 0.717) is 20.4 Å². The maximum atomic E-state index is 13.5. The average molecular weight is 525 g/mol. The molecule has 0 spiro atoms. The largest absolute Gasteiger partial charge is 0.459 e. The minimum atomic E-state index is -0.929. The zero-order valence-electron chi connectivity index (χ0n) is 18.6. The summed E-state index contributed by atoms with van der Waals surface area (Å²) < 4.78 is 32.1. The molecule has 1 aromatic heterocycles. The predicted molar refractivity (Wildman–Crippen MR) is 133 cm³/mol. The van der Waals surface area contributed by atoms with Gasteiger partial charge in [-0.2, -0.15) is 0 Å². The number of thiocarbonyl (C=S) groups is 1. The predicted octanol–water partition coefficient (Wildman–Crippen LogP) is 4.74. The van der Waals surface area contributed by atoms with Gasteiger partial charge in [-0.05, 0) is 61.6 Å². The van der Waals surface area contributed by atoms with Crippen molar-refractivity contribution >= 4 is 63.5 Å². The number of carbonyl (C=O) groups is 3. The number of halogens is 2. The van der Waals surface area contributed by atoms with Crippen LogP contribution < -0.4 is 5.32 Å². The molecule has 0 aliphatic carbocycles. The highest BCUT2D eigenvalue weighted by Crippen LogP contribution is 2.35. The Bertz CT molecular complexity index is 1170. The van der Waals surface area contributed by atoms with Gasteiger partial charge in [0.25, 0.3) is 5.91 Å². The van der Waals surface area contributed by atoms with Crippen LogP contribution in [0.1, 0.15) is 32.1 Å². The lowest BCUT2D eigenvalue weighted by Crippen LogP contribution is -2.37. The third-order valence-corrected chi connectivity index (χ3v) is 6.69. The molecule has 0 unspecified atom stereocenters. The van der Waals surface area contributed by atoms with Crippen LogP contribution in [0.25, 0.3) is 17.2 Å². The van der Waals surface area contributed by atoms with E-state index >= 15 is 0 Å². The van der Waals surface area contributed by atoms with Gasteiger partial charge in [0, 0.05) is 17.8 Å². The minimum Gasteiger partial charge on any atom is -0.459 e. The first-order valence-electron chi connectivity index (χ1n) is 10.2. The Morgan fingerprint density at radius 1 is 1.18 bits per heavy atom. The third-order valence-electron chi connectivity index (χ3n) is 4.43. The lowest BCUT2D eigenvalue weighted by atomic mass is 10.1. The van der Waals surface area contributed by atoms with Gasteiger partial charge in [0.15, 0.2) is 11.6 Å². The fourth-order valence-corrected chi connectivity index (χ4v) is 5.15. The van der Waals surface area contributed by atoms with Crippen molar-refractivity contribution in [1.82, 2.24) is 10.2 Å². The lowest BCUT2D eigenvalue weighted by Gasteiger charge is -2.19. The van der Waals surface area contributed by atoms with Gasteiger partial charge in [0.05, 0.1) is 4.91 Å². The molecule has 1 aromatic carbocycles. The summed E-state index contributed by atoms with van der Waals surface area (Å²) in [5.74, 6) is -3.12. The fourth-order valence-electron chi connectivity index (χ4n) is 2.93. The van der Waals surface area contributed by atoms with Crippen molar-refractivity contribution in [2.75, 3.05) is 13.1 Å². The summed E-state index contributed by atoms with van der Waals surface area (Å²) >= 11 is 7.76. The molecule has 0 atom stereocenters.